The van der Waals surface area contributed by atoms with Gasteiger partial charge in [0.2, 0.25) is 0 Å². The summed E-state index contributed by atoms with van der Waals surface area (Å²) in [6.45, 7) is 7.32. The zero-order valence-corrected chi connectivity index (χ0v) is 19.2. The van der Waals surface area contributed by atoms with E-state index in [1.807, 2.05) is 42.5 Å². The third-order valence-electron chi connectivity index (χ3n) is 5.37. The Morgan fingerprint density at radius 3 is 2.52 bits per heavy atom. The van der Waals surface area contributed by atoms with Gasteiger partial charge >= 0.3 is 0 Å². The summed E-state index contributed by atoms with van der Waals surface area (Å²) in [4.78, 5) is 22.4. The van der Waals surface area contributed by atoms with Crippen molar-refractivity contribution < 1.29 is 9.18 Å². The number of carbonyl (C=O) groups is 1. The van der Waals surface area contributed by atoms with E-state index >= 15 is 0 Å². The van der Waals surface area contributed by atoms with Crippen LogP contribution in [0, 0.1) is 5.82 Å². The molecule has 0 spiro atoms. The standard InChI is InChI=1S/C24H24FN3OS.ClH/c1-3-27(4-2)14-15-28(24-26-21-13-12-18(25)16-22(21)30-24)23(29)20-11-7-9-17-8-5-6-10-19(17)20;/h5-13,16H,3-4,14-15H2,1-2H3;1H. The molecule has 0 radical (unpaired) electrons. The Hall–Kier alpha value is -2.54. The zero-order chi connectivity index (χ0) is 21.1. The lowest BCUT2D eigenvalue weighted by atomic mass is 10.0. The summed E-state index contributed by atoms with van der Waals surface area (Å²) >= 11 is 1.35. The minimum absolute atomic E-state index is 0. The smallest absolute Gasteiger partial charge is 0.260 e. The summed E-state index contributed by atoms with van der Waals surface area (Å²) in [5.41, 5.74) is 1.35. The fraction of sp³-hybridized carbons (Fsp3) is 0.250. The van der Waals surface area contributed by atoms with Crippen LogP contribution >= 0.6 is 23.7 Å². The highest BCUT2D eigenvalue weighted by Gasteiger charge is 2.23. The summed E-state index contributed by atoms with van der Waals surface area (Å²) in [7, 11) is 0. The van der Waals surface area contributed by atoms with E-state index in [1.165, 1.54) is 23.5 Å². The van der Waals surface area contributed by atoms with E-state index in [4.69, 9.17) is 0 Å². The molecule has 31 heavy (non-hydrogen) atoms. The lowest BCUT2D eigenvalue weighted by molar-refractivity contribution is 0.0985. The molecule has 4 aromatic rings. The van der Waals surface area contributed by atoms with E-state index in [2.05, 4.69) is 23.7 Å². The number of halogens is 2. The van der Waals surface area contributed by atoms with E-state index in [1.54, 1.807) is 11.0 Å². The minimum Gasteiger partial charge on any atom is -0.302 e. The molecule has 0 unspecified atom stereocenters. The summed E-state index contributed by atoms with van der Waals surface area (Å²) in [5.74, 6) is -0.383. The summed E-state index contributed by atoms with van der Waals surface area (Å²) in [5, 5.41) is 2.55. The molecule has 1 heterocycles. The molecule has 0 saturated heterocycles. The van der Waals surface area contributed by atoms with Crippen LogP contribution in [0.2, 0.25) is 0 Å². The molecule has 0 bridgehead atoms. The SMILES string of the molecule is CCN(CC)CCN(C(=O)c1cccc2ccccc12)c1nc2ccc(F)cc2s1.Cl. The van der Waals surface area contributed by atoms with Gasteiger partial charge in [0.05, 0.1) is 10.2 Å². The van der Waals surface area contributed by atoms with Gasteiger partial charge in [-0.15, -0.1) is 12.4 Å². The number of aromatic nitrogens is 1. The van der Waals surface area contributed by atoms with Crippen molar-refractivity contribution in [3.63, 3.8) is 0 Å². The van der Waals surface area contributed by atoms with Crippen LogP contribution in [0.3, 0.4) is 0 Å². The Kier molecular flexibility index (Phi) is 7.59. The largest absolute Gasteiger partial charge is 0.302 e. The number of hydrogen-bond acceptors (Lipinski definition) is 4. The maximum absolute atomic E-state index is 13.7. The van der Waals surface area contributed by atoms with E-state index in [-0.39, 0.29) is 24.1 Å². The van der Waals surface area contributed by atoms with Crippen LogP contribution in [0.15, 0.2) is 60.7 Å². The first-order chi connectivity index (χ1) is 14.6. The van der Waals surface area contributed by atoms with Crippen LogP contribution in [0.1, 0.15) is 24.2 Å². The number of anilines is 1. The summed E-state index contributed by atoms with van der Waals surface area (Å²) in [6, 6.07) is 18.2. The predicted molar refractivity (Wildman–Crippen MR) is 130 cm³/mol. The monoisotopic (exact) mass is 457 g/mol. The quantitative estimate of drug-likeness (QED) is 0.341. The van der Waals surface area contributed by atoms with E-state index in [9.17, 15) is 9.18 Å². The molecule has 162 valence electrons. The molecule has 0 saturated carbocycles. The Labute approximate surface area is 191 Å². The Bertz CT molecular complexity index is 1190. The van der Waals surface area contributed by atoms with Crippen molar-refractivity contribution >= 4 is 55.8 Å². The van der Waals surface area contributed by atoms with E-state index in [0.717, 1.165) is 35.1 Å². The van der Waals surface area contributed by atoms with Crippen LogP contribution in [-0.4, -0.2) is 42.0 Å². The molecule has 4 rings (SSSR count). The molecule has 3 aromatic carbocycles. The number of rotatable bonds is 7. The zero-order valence-electron chi connectivity index (χ0n) is 17.5. The molecular formula is C24H25ClFN3OS. The van der Waals surface area contributed by atoms with Crippen LogP contribution in [-0.2, 0) is 0 Å². The fourth-order valence-electron chi connectivity index (χ4n) is 3.62. The van der Waals surface area contributed by atoms with Crippen LogP contribution in [0.5, 0.6) is 0 Å². The van der Waals surface area contributed by atoms with Gasteiger partial charge in [0.15, 0.2) is 5.13 Å². The van der Waals surface area contributed by atoms with E-state index in [0.29, 0.717) is 22.8 Å². The van der Waals surface area contributed by atoms with Crippen molar-refractivity contribution in [3.8, 4) is 0 Å². The molecular weight excluding hydrogens is 433 g/mol. The first kappa shape index (κ1) is 23.1. The number of carbonyl (C=O) groups excluding carboxylic acids is 1. The molecule has 0 fully saturated rings. The average Bonchev–Trinajstić information content (AvgIpc) is 3.18. The number of fused-ring (bicyclic) bond motifs is 2. The lowest BCUT2D eigenvalue weighted by Crippen LogP contribution is -2.39. The van der Waals surface area contributed by atoms with Crippen molar-refractivity contribution in [2.24, 2.45) is 0 Å². The number of amides is 1. The van der Waals surface area contributed by atoms with Gasteiger partial charge in [-0.05, 0) is 48.1 Å². The topological polar surface area (TPSA) is 36.4 Å². The third kappa shape index (κ3) is 4.87. The number of hydrogen-bond donors (Lipinski definition) is 0. The van der Waals surface area contributed by atoms with Gasteiger partial charge in [-0.1, -0.05) is 61.6 Å². The van der Waals surface area contributed by atoms with Crippen molar-refractivity contribution in [3.05, 3.63) is 72.0 Å². The number of benzene rings is 3. The molecule has 0 aliphatic rings. The van der Waals surface area contributed by atoms with Crippen molar-refractivity contribution in [2.45, 2.75) is 13.8 Å². The van der Waals surface area contributed by atoms with Gasteiger partial charge < -0.3 is 4.90 Å². The van der Waals surface area contributed by atoms with Gasteiger partial charge in [-0.3, -0.25) is 9.69 Å². The highest BCUT2D eigenvalue weighted by atomic mass is 35.5. The molecule has 0 aliphatic carbocycles. The fourth-order valence-corrected chi connectivity index (χ4v) is 4.64. The number of likely N-dealkylation sites (N-methyl/N-ethyl adjacent to an activating group) is 1. The lowest BCUT2D eigenvalue weighted by Gasteiger charge is -2.25. The van der Waals surface area contributed by atoms with Gasteiger partial charge in [-0.25, -0.2) is 9.37 Å². The predicted octanol–water partition coefficient (Wildman–Crippen LogP) is 6.00. The van der Waals surface area contributed by atoms with Crippen molar-refractivity contribution in [1.29, 1.82) is 0 Å². The molecule has 7 heteroatoms. The van der Waals surface area contributed by atoms with Gasteiger partial charge in [0.1, 0.15) is 5.82 Å². The summed E-state index contributed by atoms with van der Waals surface area (Å²) in [6.07, 6.45) is 0. The Morgan fingerprint density at radius 2 is 1.74 bits per heavy atom. The molecule has 0 aliphatic heterocycles. The number of thiazole rings is 1. The van der Waals surface area contributed by atoms with Crippen molar-refractivity contribution in [2.75, 3.05) is 31.1 Å². The van der Waals surface area contributed by atoms with E-state index < -0.39 is 0 Å². The van der Waals surface area contributed by atoms with Gasteiger partial charge in [0.25, 0.3) is 5.91 Å². The van der Waals surface area contributed by atoms with Gasteiger partial charge in [-0.2, -0.15) is 0 Å². The molecule has 0 atom stereocenters. The Balaban J connectivity index is 0.00000272. The first-order valence-electron chi connectivity index (χ1n) is 10.2. The number of nitrogens with zero attached hydrogens (tertiary/aromatic N) is 3. The molecule has 1 aromatic heterocycles. The second-order valence-corrected chi connectivity index (χ2v) is 8.13. The van der Waals surface area contributed by atoms with Gasteiger partial charge in [0, 0.05) is 18.7 Å². The molecule has 1 amide bonds. The maximum atomic E-state index is 13.7. The average molecular weight is 458 g/mol. The third-order valence-corrected chi connectivity index (χ3v) is 6.41. The highest BCUT2D eigenvalue weighted by Crippen LogP contribution is 2.31. The highest BCUT2D eigenvalue weighted by molar-refractivity contribution is 7.22. The van der Waals surface area contributed by atoms with Crippen LogP contribution in [0.4, 0.5) is 9.52 Å². The van der Waals surface area contributed by atoms with Crippen LogP contribution < -0.4 is 4.90 Å². The maximum Gasteiger partial charge on any atom is 0.260 e. The first-order valence-corrected chi connectivity index (χ1v) is 11.0. The minimum atomic E-state index is -0.298. The Morgan fingerprint density at radius 1 is 1.00 bits per heavy atom. The second kappa shape index (κ2) is 10.2. The van der Waals surface area contributed by atoms with Crippen LogP contribution in [0.25, 0.3) is 21.0 Å². The van der Waals surface area contributed by atoms with Crippen molar-refractivity contribution in [1.82, 2.24) is 9.88 Å². The molecule has 4 nitrogen and oxygen atoms in total. The summed E-state index contributed by atoms with van der Waals surface area (Å²) < 4.78 is 14.4. The second-order valence-electron chi connectivity index (χ2n) is 7.12. The molecule has 0 N–H and O–H groups in total. The normalized spacial score (nSPS) is 11.1.